The highest BCUT2D eigenvalue weighted by Crippen LogP contribution is 2.21. The van der Waals surface area contributed by atoms with Gasteiger partial charge in [-0.1, -0.05) is 29.8 Å². The van der Waals surface area contributed by atoms with Gasteiger partial charge in [0, 0.05) is 12.6 Å². The molecular weight excluding hydrogens is 292 g/mol. The van der Waals surface area contributed by atoms with Crippen LogP contribution >= 0.6 is 11.6 Å². The average molecular weight is 303 g/mol. The van der Waals surface area contributed by atoms with E-state index in [0.29, 0.717) is 22.8 Å². The fraction of sp³-hybridized carbons (Fsp3) is 0.133. The van der Waals surface area contributed by atoms with Crippen molar-refractivity contribution in [3.63, 3.8) is 0 Å². The van der Waals surface area contributed by atoms with Gasteiger partial charge in [-0.3, -0.25) is 4.79 Å². The minimum absolute atomic E-state index is 0.349. The lowest BCUT2D eigenvalue weighted by molar-refractivity contribution is -0.125. The molecule has 1 aromatic heterocycles. The smallest absolute Gasteiger partial charge is 0.339 e. The first-order valence-electron chi connectivity index (χ1n) is 6.35. The number of esters is 1. The van der Waals surface area contributed by atoms with Crippen LogP contribution in [0, 0.1) is 0 Å². The predicted molar refractivity (Wildman–Crippen MR) is 77.2 cm³/mol. The van der Waals surface area contributed by atoms with Gasteiger partial charge in [0.25, 0.3) is 5.91 Å². The van der Waals surface area contributed by atoms with Crippen molar-refractivity contribution in [1.29, 1.82) is 0 Å². The highest BCUT2D eigenvalue weighted by atomic mass is 35.5. The molecule has 2 aromatic rings. The number of ether oxygens (including phenoxy) is 1. The van der Waals surface area contributed by atoms with Crippen LogP contribution in [0.1, 0.15) is 15.9 Å². The highest BCUT2D eigenvalue weighted by Gasteiger charge is 2.31. The minimum atomic E-state index is -0.857. The zero-order valence-electron chi connectivity index (χ0n) is 10.9. The molecule has 1 aromatic carbocycles. The van der Waals surface area contributed by atoms with Gasteiger partial charge in [-0.25, -0.2) is 9.78 Å². The number of amides is 1. The molecule has 2 heterocycles. The summed E-state index contributed by atoms with van der Waals surface area (Å²) in [6, 6.07) is 10.3. The van der Waals surface area contributed by atoms with E-state index in [1.165, 1.54) is 6.20 Å². The number of fused-ring (bicyclic) bond motifs is 1. The summed E-state index contributed by atoms with van der Waals surface area (Å²) >= 11 is 5.73. The van der Waals surface area contributed by atoms with Crippen molar-refractivity contribution in [3.05, 3.63) is 58.7 Å². The lowest BCUT2D eigenvalue weighted by Gasteiger charge is -2.23. The van der Waals surface area contributed by atoms with Crippen LogP contribution in [0.5, 0.6) is 0 Å². The Morgan fingerprint density at radius 2 is 2.10 bits per heavy atom. The summed E-state index contributed by atoms with van der Waals surface area (Å²) in [5, 5.41) is 3.08. The molecule has 1 aliphatic heterocycles. The molecule has 106 valence electrons. The lowest BCUT2D eigenvalue weighted by atomic mass is 9.98. The Morgan fingerprint density at radius 1 is 1.29 bits per heavy atom. The van der Waals surface area contributed by atoms with Crippen LogP contribution in [-0.2, 0) is 16.0 Å². The Balaban J connectivity index is 1.75. The number of cyclic esters (lactones) is 1. The van der Waals surface area contributed by atoms with Crippen molar-refractivity contribution in [2.45, 2.75) is 12.5 Å². The molecule has 1 amide bonds. The fourth-order valence-electron chi connectivity index (χ4n) is 2.13. The van der Waals surface area contributed by atoms with Crippen molar-refractivity contribution >= 4 is 29.3 Å². The van der Waals surface area contributed by atoms with E-state index >= 15 is 0 Å². The van der Waals surface area contributed by atoms with E-state index < -0.39 is 18.0 Å². The van der Waals surface area contributed by atoms with Crippen LogP contribution in [0.2, 0.25) is 5.02 Å². The third-order valence-corrected chi connectivity index (χ3v) is 3.39. The van der Waals surface area contributed by atoms with E-state index in [1.54, 1.807) is 24.3 Å². The standard InChI is InChI=1S/C15H11ClN2O3/c16-10-5-6-13(17-8-10)18-14(19)12-7-9-3-1-2-4-11(9)15(20)21-12/h1-6,8,12H,7H2,(H,17,18,19). The number of anilines is 1. The van der Waals surface area contributed by atoms with Crippen LogP contribution in [0.4, 0.5) is 5.82 Å². The summed E-state index contributed by atoms with van der Waals surface area (Å²) in [6.45, 7) is 0. The number of carbonyl (C=O) groups excluding carboxylic acids is 2. The zero-order chi connectivity index (χ0) is 14.8. The van der Waals surface area contributed by atoms with Crippen molar-refractivity contribution in [3.8, 4) is 0 Å². The Bertz CT molecular complexity index is 700. The summed E-state index contributed by atoms with van der Waals surface area (Å²) in [4.78, 5) is 28.0. The topological polar surface area (TPSA) is 68.3 Å². The number of nitrogens with zero attached hydrogens (tertiary/aromatic N) is 1. The molecular formula is C15H11ClN2O3. The maximum atomic E-state index is 12.1. The summed E-state index contributed by atoms with van der Waals surface area (Å²) in [6.07, 6.45) is 0.922. The van der Waals surface area contributed by atoms with Crippen LogP contribution in [0.15, 0.2) is 42.6 Å². The molecule has 0 bridgehead atoms. The molecule has 0 saturated carbocycles. The Morgan fingerprint density at radius 3 is 2.86 bits per heavy atom. The molecule has 0 spiro atoms. The monoisotopic (exact) mass is 302 g/mol. The lowest BCUT2D eigenvalue weighted by Crippen LogP contribution is -2.38. The predicted octanol–water partition coefficient (Wildman–Crippen LogP) is 2.46. The van der Waals surface area contributed by atoms with Gasteiger partial charge in [0.15, 0.2) is 6.10 Å². The van der Waals surface area contributed by atoms with Gasteiger partial charge in [-0.05, 0) is 23.8 Å². The molecule has 0 aliphatic carbocycles. The van der Waals surface area contributed by atoms with E-state index in [-0.39, 0.29) is 0 Å². The second-order valence-electron chi connectivity index (χ2n) is 4.61. The number of aromatic nitrogens is 1. The Hall–Kier alpha value is -2.40. The van der Waals surface area contributed by atoms with Crippen LogP contribution in [0.3, 0.4) is 0 Å². The maximum absolute atomic E-state index is 12.1. The molecule has 0 fully saturated rings. The van der Waals surface area contributed by atoms with Crippen molar-refractivity contribution in [2.24, 2.45) is 0 Å². The van der Waals surface area contributed by atoms with Gasteiger partial charge in [-0.15, -0.1) is 0 Å². The quantitative estimate of drug-likeness (QED) is 0.865. The number of hydrogen-bond acceptors (Lipinski definition) is 4. The molecule has 1 atom stereocenters. The second kappa shape index (κ2) is 5.54. The maximum Gasteiger partial charge on any atom is 0.339 e. The molecule has 21 heavy (non-hydrogen) atoms. The number of halogens is 1. The first-order chi connectivity index (χ1) is 10.1. The van der Waals surface area contributed by atoms with Crippen molar-refractivity contribution in [2.75, 3.05) is 5.32 Å². The largest absolute Gasteiger partial charge is 0.448 e. The molecule has 6 heteroatoms. The molecule has 1 N–H and O–H groups in total. The number of carbonyl (C=O) groups is 2. The molecule has 1 unspecified atom stereocenters. The minimum Gasteiger partial charge on any atom is -0.448 e. The number of pyridine rings is 1. The highest BCUT2D eigenvalue weighted by molar-refractivity contribution is 6.30. The zero-order valence-corrected chi connectivity index (χ0v) is 11.6. The molecule has 0 saturated heterocycles. The molecule has 3 rings (SSSR count). The first kappa shape index (κ1) is 13.6. The van der Waals surface area contributed by atoms with E-state index in [4.69, 9.17) is 16.3 Å². The van der Waals surface area contributed by atoms with Crippen molar-refractivity contribution in [1.82, 2.24) is 4.98 Å². The second-order valence-corrected chi connectivity index (χ2v) is 5.04. The fourth-order valence-corrected chi connectivity index (χ4v) is 2.25. The van der Waals surface area contributed by atoms with Crippen LogP contribution in [-0.4, -0.2) is 23.0 Å². The number of rotatable bonds is 2. The third kappa shape index (κ3) is 2.87. The third-order valence-electron chi connectivity index (χ3n) is 3.16. The number of benzene rings is 1. The van der Waals surface area contributed by atoms with Gasteiger partial charge in [0.05, 0.1) is 10.6 Å². The van der Waals surface area contributed by atoms with Gasteiger partial charge >= 0.3 is 5.97 Å². The normalized spacial score (nSPS) is 16.8. The molecule has 5 nitrogen and oxygen atoms in total. The van der Waals surface area contributed by atoms with E-state index in [0.717, 1.165) is 5.56 Å². The summed E-state index contributed by atoms with van der Waals surface area (Å²) < 4.78 is 5.17. The van der Waals surface area contributed by atoms with Gasteiger partial charge in [0.1, 0.15) is 5.82 Å². The van der Waals surface area contributed by atoms with Crippen LogP contribution in [0.25, 0.3) is 0 Å². The number of nitrogens with one attached hydrogen (secondary N) is 1. The van der Waals surface area contributed by atoms with Gasteiger partial charge < -0.3 is 10.1 Å². The summed E-state index contributed by atoms with van der Waals surface area (Å²) in [5.74, 6) is -0.534. The number of hydrogen-bond donors (Lipinski definition) is 1. The van der Waals surface area contributed by atoms with Gasteiger partial charge in [0.2, 0.25) is 0 Å². The van der Waals surface area contributed by atoms with E-state index in [1.807, 2.05) is 12.1 Å². The Labute approximate surface area is 125 Å². The first-order valence-corrected chi connectivity index (χ1v) is 6.72. The van der Waals surface area contributed by atoms with Gasteiger partial charge in [-0.2, -0.15) is 0 Å². The summed E-state index contributed by atoms with van der Waals surface area (Å²) in [7, 11) is 0. The van der Waals surface area contributed by atoms with Crippen LogP contribution < -0.4 is 5.32 Å². The van der Waals surface area contributed by atoms with Crippen molar-refractivity contribution < 1.29 is 14.3 Å². The summed E-state index contributed by atoms with van der Waals surface area (Å²) in [5.41, 5.74) is 1.31. The van der Waals surface area contributed by atoms with E-state index in [2.05, 4.69) is 10.3 Å². The molecule has 1 aliphatic rings. The molecule has 0 radical (unpaired) electrons. The average Bonchev–Trinajstić information content (AvgIpc) is 2.49. The van der Waals surface area contributed by atoms with E-state index in [9.17, 15) is 9.59 Å². The Kier molecular flexibility index (Phi) is 3.58. The SMILES string of the molecule is O=C1OC(C(=O)Nc2ccc(Cl)cn2)Cc2ccccc21.